The zero-order valence-corrected chi connectivity index (χ0v) is 18.0. The van der Waals surface area contributed by atoms with E-state index >= 15 is 0 Å². The largest absolute Gasteiger partial charge is 0.486 e. The Balaban J connectivity index is 0.000000534. The van der Waals surface area contributed by atoms with Crippen LogP contribution >= 0.6 is 11.8 Å². The third-order valence-corrected chi connectivity index (χ3v) is 5.17. The summed E-state index contributed by atoms with van der Waals surface area (Å²) in [5.41, 5.74) is 0.993. The number of carboxylic acids is 2. The number of nitrogens with zero attached hydrogens (tertiary/aromatic N) is 1. The Morgan fingerprint density at radius 1 is 1.12 bits per heavy atom. The van der Waals surface area contributed by atoms with E-state index in [1.54, 1.807) is 0 Å². The van der Waals surface area contributed by atoms with Crippen LogP contribution in [-0.4, -0.2) is 82.7 Å². The molecule has 1 atom stereocenters. The summed E-state index contributed by atoms with van der Waals surface area (Å²) in [4.78, 5) is 54.2. The first-order valence-corrected chi connectivity index (χ1v) is 10.5. The second-order valence-corrected chi connectivity index (χ2v) is 7.49. The lowest BCUT2D eigenvalue weighted by Crippen LogP contribution is -2.40. The van der Waals surface area contributed by atoms with Crippen molar-refractivity contribution in [1.29, 1.82) is 0 Å². The zero-order valence-electron chi connectivity index (χ0n) is 17.2. The maximum atomic E-state index is 11.9. The monoisotopic (exact) mass is 469 g/mol. The Labute approximate surface area is 187 Å². The van der Waals surface area contributed by atoms with Gasteiger partial charge < -0.3 is 30.3 Å². The van der Waals surface area contributed by atoms with Crippen molar-refractivity contribution in [3.8, 4) is 11.5 Å². The fourth-order valence-electron chi connectivity index (χ4n) is 2.66. The van der Waals surface area contributed by atoms with Gasteiger partial charge in [-0.25, -0.2) is 9.59 Å². The third-order valence-electron chi connectivity index (χ3n) is 4.32. The maximum absolute atomic E-state index is 11.9. The van der Waals surface area contributed by atoms with Gasteiger partial charge in [0.15, 0.2) is 11.5 Å². The Kier molecular flexibility index (Phi) is 9.28. The number of carboxylic acid groups (broad SMARTS) is 2. The number of ether oxygens (including phenoxy) is 2. The number of amides is 3. The summed E-state index contributed by atoms with van der Waals surface area (Å²) in [6.07, 6.45) is 0. The van der Waals surface area contributed by atoms with E-state index < -0.39 is 11.9 Å². The number of carbonyl (C=O) groups excluding carboxylic acids is 3. The first-order valence-electron chi connectivity index (χ1n) is 9.52. The molecule has 1 fully saturated rings. The van der Waals surface area contributed by atoms with E-state index in [0.717, 1.165) is 28.0 Å². The second kappa shape index (κ2) is 11.9. The Bertz CT molecular complexity index is 865. The van der Waals surface area contributed by atoms with Crippen molar-refractivity contribution in [2.45, 2.75) is 13.0 Å². The lowest BCUT2D eigenvalue weighted by molar-refractivity contribution is -0.159. The molecule has 13 heteroatoms. The van der Waals surface area contributed by atoms with Crippen molar-refractivity contribution >= 4 is 40.8 Å². The topological polar surface area (TPSA) is 172 Å². The van der Waals surface area contributed by atoms with Gasteiger partial charge in [0.2, 0.25) is 11.8 Å². The van der Waals surface area contributed by atoms with Gasteiger partial charge in [0.05, 0.1) is 12.3 Å². The van der Waals surface area contributed by atoms with E-state index in [4.69, 9.17) is 29.3 Å². The van der Waals surface area contributed by atoms with Gasteiger partial charge in [0, 0.05) is 19.1 Å². The van der Waals surface area contributed by atoms with Gasteiger partial charge in [-0.3, -0.25) is 19.3 Å². The van der Waals surface area contributed by atoms with Crippen molar-refractivity contribution in [2.24, 2.45) is 0 Å². The molecule has 174 valence electrons. The molecular weight excluding hydrogens is 446 g/mol. The predicted octanol–water partition coefficient (Wildman–Crippen LogP) is 0.0756. The molecule has 0 saturated carbocycles. The minimum Gasteiger partial charge on any atom is -0.486 e. The molecule has 2 heterocycles. The van der Waals surface area contributed by atoms with Crippen LogP contribution in [0.1, 0.15) is 18.5 Å². The Hall–Kier alpha value is -3.32. The minimum atomic E-state index is -1.82. The van der Waals surface area contributed by atoms with Gasteiger partial charge in [-0.2, -0.15) is 0 Å². The molecule has 1 saturated heterocycles. The molecule has 3 amide bonds. The van der Waals surface area contributed by atoms with Gasteiger partial charge in [-0.05, 0) is 24.6 Å². The Morgan fingerprint density at radius 3 is 2.38 bits per heavy atom. The van der Waals surface area contributed by atoms with Crippen molar-refractivity contribution in [1.82, 2.24) is 15.5 Å². The van der Waals surface area contributed by atoms with E-state index in [1.807, 2.05) is 25.1 Å². The fraction of sp³-hybridized carbons (Fsp3) is 0.421. The van der Waals surface area contributed by atoms with Crippen LogP contribution in [0.2, 0.25) is 0 Å². The molecule has 2 aliphatic heterocycles. The molecule has 12 nitrogen and oxygen atoms in total. The van der Waals surface area contributed by atoms with Crippen LogP contribution in [0.25, 0.3) is 0 Å². The molecule has 4 N–H and O–H groups in total. The minimum absolute atomic E-state index is 0.0466. The van der Waals surface area contributed by atoms with Crippen molar-refractivity contribution < 1.29 is 43.7 Å². The first kappa shape index (κ1) is 24.9. The third kappa shape index (κ3) is 7.42. The van der Waals surface area contributed by atoms with Crippen LogP contribution in [0, 0.1) is 0 Å². The van der Waals surface area contributed by atoms with Crippen molar-refractivity contribution in [3.63, 3.8) is 0 Å². The molecular formula is C19H23N3O9S. The highest BCUT2D eigenvalue weighted by Crippen LogP contribution is 2.32. The van der Waals surface area contributed by atoms with E-state index in [0.29, 0.717) is 19.0 Å². The average Bonchev–Trinajstić information content (AvgIpc) is 3.09. The van der Waals surface area contributed by atoms with Crippen LogP contribution in [-0.2, 0) is 19.2 Å². The number of hydrogen-bond donors (Lipinski definition) is 4. The molecule has 3 rings (SSSR count). The molecule has 0 bridgehead atoms. The van der Waals surface area contributed by atoms with Crippen LogP contribution in [0.5, 0.6) is 11.5 Å². The van der Waals surface area contributed by atoms with Gasteiger partial charge >= 0.3 is 11.9 Å². The average molecular weight is 469 g/mol. The molecule has 1 aromatic carbocycles. The number of fused-ring (bicyclic) bond motifs is 1. The highest BCUT2D eigenvalue weighted by molar-refractivity contribution is 8.14. The number of nitrogens with one attached hydrogen (secondary N) is 2. The SMILES string of the molecule is CC(NCC(=O)NCCN1C(=O)CSC1=O)c1ccc2c(c1)OCCO2.O=C(O)C(=O)O. The molecule has 0 spiro atoms. The van der Waals surface area contributed by atoms with E-state index in [9.17, 15) is 14.4 Å². The Morgan fingerprint density at radius 2 is 1.78 bits per heavy atom. The van der Waals surface area contributed by atoms with Gasteiger partial charge in [0.1, 0.15) is 13.2 Å². The summed E-state index contributed by atoms with van der Waals surface area (Å²) in [5, 5.41) is 20.4. The molecule has 2 aliphatic rings. The molecule has 0 radical (unpaired) electrons. The fourth-order valence-corrected chi connectivity index (χ4v) is 3.41. The van der Waals surface area contributed by atoms with Gasteiger partial charge in [-0.15, -0.1) is 0 Å². The summed E-state index contributed by atoms with van der Waals surface area (Å²) >= 11 is 0.987. The number of carbonyl (C=O) groups is 5. The van der Waals surface area contributed by atoms with E-state index in [1.165, 1.54) is 0 Å². The smallest absolute Gasteiger partial charge is 0.414 e. The van der Waals surface area contributed by atoms with E-state index in [2.05, 4.69) is 10.6 Å². The highest BCUT2D eigenvalue weighted by atomic mass is 32.2. The van der Waals surface area contributed by atoms with Crippen molar-refractivity contribution in [2.75, 3.05) is 38.6 Å². The summed E-state index contributed by atoms with van der Waals surface area (Å²) < 4.78 is 11.1. The number of aliphatic carboxylic acids is 2. The lowest BCUT2D eigenvalue weighted by Gasteiger charge is -2.21. The van der Waals surface area contributed by atoms with Crippen molar-refractivity contribution in [3.05, 3.63) is 23.8 Å². The summed E-state index contributed by atoms with van der Waals surface area (Å²) in [6.45, 7) is 3.61. The van der Waals surface area contributed by atoms with Crippen LogP contribution in [0.15, 0.2) is 18.2 Å². The highest BCUT2D eigenvalue weighted by Gasteiger charge is 2.29. The number of hydrogen-bond acceptors (Lipinski definition) is 9. The first-order chi connectivity index (χ1) is 15.2. The van der Waals surface area contributed by atoms with Gasteiger partial charge in [-0.1, -0.05) is 17.8 Å². The molecule has 0 aromatic heterocycles. The number of benzene rings is 1. The van der Waals surface area contributed by atoms with Crippen LogP contribution in [0.4, 0.5) is 4.79 Å². The molecule has 1 unspecified atom stereocenters. The quantitative estimate of drug-likeness (QED) is 0.398. The van der Waals surface area contributed by atoms with Gasteiger partial charge in [0.25, 0.3) is 5.24 Å². The summed E-state index contributed by atoms with van der Waals surface area (Å²) in [5.74, 6) is -2.42. The molecule has 1 aromatic rings. The molecule has 32 heavy (non-hydrogen) atoms. The van der Waals surface area contributed by atoms with Crippen LogP contribution < -0.4 is 20.1 Å². The molecule has 0 aliphatic carbocycles. The number of rotatable bonds is 7. The zero-order chi connectivity index (χ0) is 23.7. The lowest BCUT2D eigenvalue weighted by atomic mass is 10.1. The predicted molar refractivity (Wildman–Crippen MR) is 112 cm³/mol. The number of thioether (sulfide) groups is 1. The second-order valence-electron chi connectivity index (χ2n) is 6.57. The maximum Gasteiger partial charge on any atom is 0.414 e. The van der Waals surface area contributed by atoms with Crippen LogP contribution in [0.3, 0.4) is 0 Å². The standard InChI is InChI=1S/C17H21N3O5S.C2H2O4/c1-11(12-2-3-13-14(8-12)25-7-6-24-13)19-9-15(21)18-4-5-20-16(22)10-26-17(20)23;3-1(4)2(5)6/h2-3,8,11,19H,4-7,9-10H2,1H3,(H,18,21);(H,3,4)(H,5,6). The summed E-state index contributed by atoms with van der Waals surface area (Å²) in [6, 6.07) is 5.66. The summed E-state index contributed by atoms with van der Waals surface area (Å²) in [7, 11) is 0. The normalized spacial score (nSPS) is 15.5. The van der Waals surface area contributed by atoms with E-state index in [-0.39, 0.29) is 48.5 Å². The number of imide groups is 1.